The maximum absolute atomic E-state index is 15.4. The Labute approximate surface area is 348 Å². The van der Waals surface area contributed by atoms with Crippen molar-refractivity contribution in [2.24, 2.45) is 16.7 Å². The van der Waals surface area contributed by atoms with Crippen LogP contribution in [0, 0.1) is 16.7 Å². The Morgan fingerprint density at radius 3 is 2.08 bits per heavy atom. The van der Waals surface area contributed by atoms with Crippen molar-refractivity contribution in [3.8, 4) is 0 Å². The maximum atomic E-state index is 15.4. The summed E-state index contributed by atoms with van der Waals surface area (Å²) >= 11 is 0. The van der Waals surface area contributed by atoms with E-state index < -0.39 is 113 Å². The summed E-state index contributed by atoms with van der Waals surface area (Å²) in [6, 6.07) is 14.8. The van der Waals surface area contributed by atoms with Crippen LogP contribution in [0.25, 0.3) is 0 Å². The number of Topliss-reactive ketones (excluding diaryl/α,β-unsaturated/α-hetero) is 1. The van der Waals surface area contributed by atoms with Crippen LogP contribution in [-0.2, 0) is 47.7 Å². The lowest BCUT2D eigenvalue weighted by Crippen LogP contribution is -2.82. The minimum atomic E-state index is -2.38. The highest BCUT2D eigenvalue weighted by atomic mass is 16.6. The molecule has 1 heterocycles. The number of fused-ring (bicyclic) bond motifs is 5. The van der Waals surface area contributed by atoms with E-state index in [1.165, 1.54) is 26.0 Å². The second-order valence-corrected chi connectivity index (χ2v) is 17.0. The highest BCUT2D eigenvalue weighted by Crippen LogP contribution is 2.64. The molecule has 322 valence electrons. The SMILES string of the molecule is C/C=C(\C)C(=O)N[C@H](c1ccccc1)[C@H](O)C(=O)O[C@@H]1C[C@@]2(O)[C@H](OC(=O)c3ccccc3)[C@@H]3[C@]4(OC(C)=O)CO[C@@H]4C[C@H](O)[C@]3(C)C(=O)[C@@H](OC(C)=O)C(=C1C)C2(C)C. The summed E-state index contributed by atoms with van der Waals surface area (Å²) in [7, 11) is 0. The Kier molecular flexibility index (Phi) is 12.1. The highest BCUT2D eigenvalue weighted by molar-refractivity contribution is 5.96. The zero-order chi connectivity index (χ0) is 44.1. The van der Waals surface area contributed by atoms with Crippen molar-refractivity contribution >= 4 is 35.6 Å². The molecule has 0 unspecified atom stereocenters. The molecule has 1 saturated heterocycles. The lowest BCUT2D eigenvalue weighted by molar-refractivity contribution is -0.346. The topological polar surface area (TPSA) is 221 Å². The molecule has 15 nitrogen and oxygen atoms in total. The van der Waals surface area contributed by atoms with E-state index in [9.17, 15) is 39.3 Å². The number of nitrogens with one attached hydrogen (secondary N) is 1. The third kappa shape index (κ3) is 7.24. The third-order valence-corrected chi connectivity index (χ3v) is 13.2. The number of carbonyl (C=O) groups is 6. The van der Waals surface area contributed by atoms with Gasteiger partial charge in [0.05, 0.1) is 35.6 Å². The summed E-state index contributed by atoms with van der Waals surface area (Å²) in [4.78, 5) is 82.9. The molecule has 4 N–H and O–H groups in total. The molecule has 2 aromatic carbocycles. The van der Waals surface area contributed by atoms with Gasteiger partial charge < -0.3 is 44.3 Å². The van der Waals surface area contributed by atoms with Crippen LogP contribution in [0.5, 0.6) is 0 Å². The van der Waals surface area contributed by atoms with Crippen molar-refractivity contribution in [1.29, 1.82) is 0 Å². The van der Waals surface area contributed by atoms with Gasteiger partial charge >= 0.3 is 23.9 Å². The number of aliphatic hydroxyl groups excluding tert-OH is 2. The quantitative estimate of drug-likeness (QED) is 0.117. The van der Waals surface area contributed by atoms with Crippen LogP contribution in [0.1, 0.15) is 90.2 Å². The average molecular weight is 832 g/mol. The number of amides is 1. The van der Waals surface area contributed by atoms with E-state index in [0.717, 1.165) is 13.8 Å². The van der Waals surface area contributed by atoms with Crippen LogP contribution in [-0.4, -0.2) is 105 Å². The van der Waals surface area contributed by atoms with Crippen molar-refractivity contribution in [3.05, 3.63) is 94.6 Å². The molecule has 1 amide bonds. The minimum absolute atomic E-state index is 0.00140. The normalized spacial score (nSPS) is 32.9. The second-order valence-electron chi connectivity index (χ2n) is 17.0. The fourth-order valence-corrected chi connectivity index (χ4v) is 9.75. The van der Waals surface area contributed by atoms with Gasteiger partial charge in [0.2, 0.25) is 5.91 Å². The predicted molar refractivity (Wildman–Crippen MR) is 211 cm³/mol. The largest absolute Gasteiger partial charge is 0.456 e. The summed E-state index contributed by atoms with van der Waals surface area (Å²) in [6.07, 6.45) is -8.88. The standard InChI is InChI=1S/C45H53NO14/c1-9-23(2)39(52)46-33(27-16-12-10-13-17-27)34(50)41(54)58-29-21-45(55)38(59-40(53)28-18-14-11-15-19-28)36-43(8,30(49)20-31-44(36,22-56-31)60-26(5)48)37(51)35(57-25(4)47)32(24(29)3)42(45,6)7/h9-19,29-31,33-36,38,49-50,55H,20-22H2,1-8H3,(H,46,52)/b23-9+/t29-,30+,31-,33-,34+,35+,36+,38-,43+,44+,45-/m1/s1. The predicted octanol–water partition coefficient (Wildman–Crippen LogP) is 3.39. The number of rotatable bonds is 10. The number of aliphatic hydroxyl groups is 3. The van der Waals surface area contributed by atoms with Gasteiger partial charge in [-0.3, -0.25) is 19.2 Å². The Balaban J connectivity index is 1.56. The summed E-state index contributed by atoms with van der Waals surface area (Å²) in [5.74, 6) is -6.78. The van der Waals surface area contributed by atoms with Gasteiger partial charge in [0, 0.05) is 37.7 Å². The van der Waals surface area contributed by atoms with Crippen LogP contribution in [0.15, 0.2) is 83.5 Å². The van der Waals surface area contributed by atoms with Gasteiger partial charge in [-0.2, -0.15) is 0 Å². The van der Waals surface area contributed by atoms with E-state index in [2.05, 4.69) is 5.32 Å². The zero-order valence-electron chi connectivity index (χ0n) is 34.9. The van der Waals surface area contributed by atoms with Crippen LogP contribution < -0.4 is 5.32 Å². The number of hydrogen-bond donors (Lipinski definition) is 4. The van der Waals surface area contributed by atoms with Gasteiger partial charge in [0.15, 0.2) is 23.6 Å². The molecule has 2 aromatic rings. The number of hydrogen-bond acceptors (Lipinski definition) is 14. The molecule has 4 aliphatic rings. The molecule has 0 aromatic heterocycles. The van der Waals surface area contributed by atoms with Crippen molar-refractivity contribution < 1.29 is 67.8 Å². The molecule has 2 bridgehead atoms. The van der Waals surface area contributed by atoms with Gasteiger partial charge in [-0.25, -0.2) is 9.59 Å². The molecule has 3 aliphatic carbocycles. The molecular weight excluding hydrogens is 778 g/mol. The minimum Gasteiger partial charge on any atom is -0.456 e. The van der Waals surface area contributed by atoms with Gasteiger partial charge in [0.1, 0.15) is 23.9 Å². The molecule has 0 radical (unpaired) electrons. The molecule has 1 aliphatic heterocycles. The molecule has 2 saturated carbocycles. The van der Waals surface area contributed by atoms with Gasteiger partial charge in [-0.05, 0) is 56.5 Å². The molecule has 15 heteroatoms. The number of allylic oxidation sites excluding steroid dienone is 1. The van der Waals surface area contributed by atoms with Gasteiger partial charge in [-0.1, -0.05) is 68.5 Å². The number of ketones is 1. The van der Waals surface area contributed by atoms with E-state index >= 15 is 4.79 Å². The Bertz CT molecular complexity index is 2110. The van der Waals surface area contributed by atoms with Crippen molar-refractivity contribution in [3.63, 3.8) is 0 Å². The highest BCUT2D eigenvalue weighted by Gasteiger charge is 2.78. The Hall–Kier alpha value is -5.22. The Morgan fingerprint density at radius 1 is 0.917 bits per heavy atom. The van der Waals surface area contributed by atoms with Crippen molar-refractivity contribution in [1.82, 2.24) is 5.32 Å². The van der Waals surface area contributed by atoms with Crippen molar-refractivity contribution in [2.75, 3.05) is 6.61 Å². The summed E-state index contributed by atoms with van der Waals surface area (Å²) in [5, 5.41) is 40.0. The molecule has 60 heavy (non-hydrogen) atoms. The first-order valence-corrected chi connectivity index (χ1v) is 19.9. The lowest BCUT2D eigenvalue weighted by atomic mass is 9.44. The first kappa shape index (κ1) is 44.3. The van der Waals surface area contributed by atoms with E-state index in [1.807, 2.05) is 0 Å². The molecule has 6 rings (SSSR count). The van der Waals surface area contributed by atoms with Gasteiger partial charge in [0.25, 0.3) is 0 Å². The maximum Gasteiger partial charge on any atom is 0.338 e. The van der Waals surface area contributed by atoms with E-state index in [1.54, 1.807) is 82.3 Å². The molecule has 11 atom stereocenters. The average Bonchev–Trinajstić information content (AvgIpc) is 3.20. The summed E-state index contributed by atoms with van der Waals surface area (Å²) in [5.41, 5.74) is -6.91. The van der Waals surface area contributed by atoms with E-state index in [-0.39, 0.29) is 29.7 Å². The smallest absolute Gasteiger partial charge is 0.338 e. The fraction of sp³-hybridized carbons (Fsp3) is 0.511. The lowest BCUT2D eigenvalue weighted by Gasteiger charge is -2.67. The fourth-order valence-electron chi connectivity index (χ4n) is 9.75. The first-order valence-electron chi connectivity index (χ1n) is 19.9. The molecular formula is C45H53NO14. The van der Waals surface area contributed by atoms with Crippen LogP contribution >= 0.6 is 0 Å². The second kappa shape index (κ2) is 16.3. The van der Waals surface area contributed by atoms with Crippen LogP contribution in [0.4, 0.5) is 0 Å². The van der Waals surface area contributed by atoms with Crippen LogP contribution in [0.3, 0.4) is 0 Å². The Morgan fingerprint density at radius 2 is 1.53 bits per heavy atom. The van der Waals surface area contributed by atoms with Crippen LogP contribution in [0.2, 0.25) is 0 Å². The number of benzene rings is 2. The van der Waals surface area contributed by atoms with E-state index in [0.29, 0.717) is 11.1 Å². The third-order valence-electron chi connectivity index (χ3n) is 13.2. The monoisotopic (exact) mass is 831 g/mol. The van der Waals surface area contributed by atoms with Gasteiger partial charge in [-0.15, -0.1) is 0 Å². The molecule has 0 spiro atoms. The van der Waals surface area contributed by atoms with Crippen molar-refractivity contribution in [2.45, 2.75) is 122 Å². The summed E-state index contributed by atoms with van der Waals surface area (Å²) in [6.45, 7) is 11.2. The first-order chi connectivity index (χ1) is 28.1. The number of ether oxygens (including phenoxy) is 5. The van der Waals surface area contributed by atoms with E-state index in [4.69, 9.17) is 23.7 Å². The summed E-state index contributed by atoms with van der Waals surface area (Å²) < 4.78 is 30.2. The molecule has 3 fully saturated rings. The number of carbonyl (C=O) groups excluding carboxylic acids is 6. The zero-order valence-corrected chi connectivity index (χ0v) is 34.9. The number of esters is 4.